The minimum absolute atomic E-state index is 0.0450. The van der Waals surface area contributed by atoms with Crippen molar-refractivity contribution >= 4 is 35.1 Å². The summed E-state index contributed by atoms with van der Waals surface area (Å²) in [6, 6.07) is 13.6. The lowest BCUT2D eigenvalue weighted by molar-refractivity contribution is -0.151. The van der Waals surface area contributed by atoms with Crippen LogP contribution in [0, 0.1) is 12.8 Å². The number of nitrogens with one attached hydrogen (secondary N) is 1. The highest BCUT2D eigenvalue weighted by Gasteiger charge is 2.36. The van der Waals surface area contributed by atoms with Crippen molar-refractivity contribution in [3.05, 3.63) is 59.7 Å². The number of benzene rings is 2. The van der Waals surface area contributed by atoms with Crippen molar-refractivity contribution in [3.8, 4) is 0 Å². The molecule has 2 amide bonds. The SMILES string of the molecule is COC(=O)c1ccc(NC(=O)COC(=O)[C@@H]2CC(=O)N(c3ccc(C)cc3)C2)cc1. The molecule has 0 aromatic heterocycles. The standard InChI is InChI=1S/C22H22N2O6/c1-14-3-9-18(10-4-14)24-12-16(11-20(24)26)22(28)30-13-19(25)23-17-7-5-15(6-8-17)21(27)29-2/h3-10,16H,11-13H2,1-2H3,(H,23,25)/t16-/m1/s1. The number of nitrogens with zero attached hydrogens (tertiary/aromatic N) is 1. The van der Waals surface area contributed by atoms with Crippen LogP contribution in [0.15, 0.2) is 48.5 Å². The van der Waals surface area contributed by atoms with Crippen LogP contribution in [-0.2, 0) is 23.9 Å². The third-order valence-electron chi connectivity index (χ3n) is 4.74. The van der Waals surface area contributed by atoms with E-state index in [1.165, 1.54) is 19.2 Å². The summed E-state index contributed by atoms with van der Waals surface area (Å²) in [5.41, 5.74) is 2.61. The Bertz CT molecular complexity index is 953. The number of ether oxygens (including phenoxy) is 2. The second kappa shape index (κ2) is 9.21. The van der Waals surface area contributed by atoms with Gasteiger partial charge in [0.1, 0.15) is 0 Å². The zero-order chi connectivity index (χ0) is 21.7. The van der Waals surface area contributed by atoms with Crippen LogP contribution < -0.4 is 10.2 Å². The number of carbonyl (C=O) groups excluding carboxylic acids is 4. The highest BCUT2D eigenvalue weighted by atomic mass is 16.5. The Kier molecular flexibility index (Phi) is 6.46. The number of esters is 2. The van der Waals surface area contributed by atoms with Gasteiger partial charge in [-0.15, -0.1) is 0 Å². The van der Waals surface area contributed by atoms with Crippen molar-refractivity contribution in [3.63, 3.8) is 0 Å². The van der Waals surface area contributed by atoms with Crippen molar-refractivity contribution in [1.82, 2.24) is 0 Å². The fraction of sp³-hybridized carbons (Fsp3) is 0.273. The maximum Gasteiger partial charge on any atom is 0.337 e. The van der Waals surface area contributed by atoms with Crippen LogP contribution in [0.4, 0.5) is 11.4 Å². The number of amides is 2. The molecule has 156 valence electrons. The Hall–Kier alpha value is -3.68. The van der Waals surface area contributed by atoms with Crippen molar-refractivity contribution in [2.24, 2.45) is 5.92 Å². The van der Waals surface area contributed by atoms with Gasteiger partial charge in [-0.25, -0.2) is 4.79 Å². The highest BCUT2D eigenvalue weighted by Crippen LogP contribution is 2.26. The van der Waals surface area contributed by atoms with E-state index >= 15 is 0 Å². The summed E-state index contributed by atoms with van der Waals surface area (Å²) in [7, 11) is 1.28. The first-order valence-corrected chi connectivity index (χ1v) is 9.39. The molecule has 1 heterocycles. The van der Waals surface area contributed by atoms with Gasteiger partial charge in [-0.3, -0.25) is 14.4 Å². The van der Waals surface area contributed by atoms with Gasteiger partial charge in [0.25, 0.3) is 5.91 Å². The first kappa shape index (κ1) is 21.0. The monoisotopic (exact) mass is 410 g/mol. The quantitative estimate of drug-likeness (QED) is 0.734. The van der Waals surface area contributed by atoms with E-state index in [4.69, 9.17) is 4.74 Å². The van der Waals surface area contributed by atoms with Crippen LogP contribution in [0.2, 0.25) is 0 Å². The van der Waals surface area contributed by atoms with Crippen LogP contribution in [0.5, 0.6) is 0 Å². The summed E-state index contributed by atoms with van der Waals surface area (Å²) in [4.78, 5) is 49.5. The Labute approximate surface area is 173 Å². The van der Waals surface area contributed by atoms with Gasteiger partial charge < -0.3 is 19.7 Å². The second-order valence-corrected chi connectivity index (χ2v) is 6.97. The van der Waals surface area contributed by atoms with Crippen molar-refractivity contribution in [2.45, 2.75) is 13.3 Å². The largest absolute Gasteiger partial charge is 0.465 e. The molecule has 0 aliphatic carbocycles. The van der Waals surface area contributed by atoms with Crippen LogP contribution >= 0.6 is 0 Å². The summed E-state index contributed by atoms with van der Waals surface area (Å²) < 4.78 is 9.70. The zero-order valence-corrected chi connectivity index (χ0v) is 16.7. The Balaban J connectivity index is 1.49. The molecule has 1 N–H and O–H groups in total. The minimum Gasteiger partial charge on any atom is -0.465 e. The molecule has 1 fully saturated rings. The molecule has 30 heavy (non-hydrogen) atoms. The van der Waals surface area contributed by atoms with E-state index in [1.54, 1.807) is 17.0 Å². The van der Waals surface area contributed by atoms with E-state index in [-0.39, 0.29) is 18.9 Å². The average molecular weight is 410 g/mol. The number of methoxy groups -OCH3 is 1. The molecular weight excluding hydrogens is 388 g/mol. The summed E-state index contributed by atoms with van der Waals surface area (Å²) in [5.74, 6) is -2.36. The van der Waals surface area contributed by atoms with Crippen molar-refractivity contribution < 1.29 is 28.7 Å². The molecule has 1 atom stereocenters. The molecule has 8 nitrogen and oxygen atoms in total. The van der Waals surface area contributed by atoms with E-state index in [1.807, 2.05) is 31.2 Å². The molecule has 1 saturated heterocycles. The Morgan fingerprint density at radius 3 is 2.37 bits per heavy atom. The fourth-order valence-corrected chi connectivity index (χ4v) is 3.10. The van der Waals surface area contributed by atoms with Gasteiger partial charge in [-0.05, 0) is 43.3 Å². The molecule has 0 spiro atoms. The normalized spacial score (nSPS) is 15.6. The van der Waals surface area contributed by atoms with Crippen LogP contribution in [0.3, 0.4) is 0 Å². The van der Waals surface area contributed by atoms with Gasteiger partial charge in [-0.2, -0.15) is 0 Å². The van der Waals surface area contributed by atoms with Gasteiger partial charge in [0, 0.05) is 24.3 Å². The summed E-state index contributed by atoms with van der Waals surface area (Å²) >= 11 is 0. The molecule has 2 aromatic rings. The zero-order valence-electron chi connectivity index (χ0n) is 16.7. The van der Waals surface area contributed by atoms with Crippen molar-refractivity contribution in [1.29, 1.82) is 0 Å². The molecule has 3 rings (SSSR count). The van der Waals surface area contributed by atoms with Gasteiger partial charge in [0.05, 0.1) is 18.6 Å². The second-order valence-electron chi connectivity index (χ2n) is 6.97. The topological polar surface area (TPSA) is 102 Å². The lowest BCUT2D eigenvalue weighted by Crippen LogP contribution is -2.28. The maximum absolute atomic E-state index is 12.3. The molecule has 1 aliphatic heterocycles. The van der Waals surface area contributed by atoms with Gasteiger partial charge in [-0.1, -0.05) is 17.7 Å². The number of anilines is 2. The molecular formula is C22H22N2O6. The highest BCUT2D eigenvalue weighted by molar-refractivity contribution is 6.00. The van der Waals surface area contributed by atoms with E-state index in [9.17, 15) is 19.2 Å². The third-order valence-corrected chi connectivity index (χ3v) is 4.74. The molecule has 0 bridgehead atoms. The van der Waals surface area contributed by atoms with E-state index < -0.39 is 30.4 Å². The lowest BCUT2D eigenvalue weighted by atomic mass is 10.1. The van der Waals surface area contributed by atoms with Gasteiger partial charge >= 0.3 is 11.9 Å². The predicted molar refractivity (Wildman–Crippen MR) is 109 cm³/mol. The summed E-state index contributed by atoms with van der Waals surface area (Å²) in [6.45, 7) is 1.71. The molecule has 0 saturated carbocycles. The van der Waals surface area contributed by atoms with E-state index in [2.05, 4.69) is 10.1 Å². The number of hydrogen-bond donors (Lipinski definition) is 1. The first-order chi connectivity index (χ1) is 14.4. The van der Waals surface area contributed by atoms with Crippen LogP contribution in [0.1, 0.15) is 22.3 Å². The molecule has 8 heteroatoms. The lowest BCUT2D eigenvalue weighted by Gasteiger charge is -2.16. The van der Waals surface area contributed by atoms with E-state index in [0.717, 1.165) is 11.3 Å². The summed E-state index contributed by atoms with van der Waals surface area (Å²) in [6.07, 6.45) is 0.0450. The molecule has 2 aromatic carbocycles. The number of hydrogen-bond acceptors (Lipinski definition) is 6. The predicted octanol–water partition coefficient (Wildman–Crippen LogP) is 2.32. The maximum atomic E-state index is 12.3. The van der Waals surface area contributed by atoms with Gasteiger partial charge in [0.15, 0.2) is 6.61 Å². The van der Waals surface area contributed by atoms with Crippen LogP contribution in [0.25, 0.3) is 0 Å². The number of rotatable bonds is 6. The Morgan fingerprint density at radius 1 is 1.07 bits per heavy atom. The van der Waals surface area contributed by atoms with E-state index in [0.29, 0.717) is 11.3 Å². The first-order valence-electron chi connectivity index (χ1n) is 9.39. The fourth-order valence-electron chi connectivity index (χ4n) is 3.10. The van der Waals surface area contributed by atoms with Gasteiger partial charge in [0.2, 0.25) is 5.91 Å². The minimum atomic E-state index is -0.619. The molecule has 1 aliphatic rings. The molecule has 0 radical (unpaired) electrons. The third kappa shape index (κ3) is 5.02. The summed E-state index contributed by atoms with van der Waals surface area (Å²) in [5, 5.41) is 2.58. The molecule has 0 unspecified atom stereocenters. The Morgan fingerprint density at radius 2 is 1.73 bits per heavy atom. The number of aryl methyl sites for hydroxylation is 1. The van der Waals surface area contributed by atoms with Crippen molar-refractivity contribution in [2.75, 3.05) is 30.5 Å². The van der Waals surface area contributed by atoms with Crippen LogP contribution in [-0.4, -0.2) is 44.0 Å². The smallest absolute Gasteiger partial charge is 0.337 e. The number of carbonyl (C=O) groups is 4. The average Bonchev–Trinajstić information content (AvgIpc) is 3.14.